The van der Waals surface area contributed by atoms with Crippen molar-refractivity contribution >= 4 is 11.8 Å². The highest BCUT2D eigenvalue weighted by molar-refractivity contribution is 5.89. The number of hydrogen-bond donors (Lipinski definition) is 1. The SMILES string of the molecule is O=C1CC(C(=O)N2CCC(N3CCN(Cc4ccccc4)CC3)CC2)CN1. The molecule has 146 valence electrons. The number of hydrogen-bond acceptors (Lipinski definition) is 4. The molecule has 6 heteroatoms. The van der Waals surface area contributed by atoms with E-state index in [0.717, 1.165) is 58.7 Å². The minimum absolute atomic E-state index is 0.0107. The molecule has 3 saturated heterocycles. The topological polar surface area (TPSA) is 55.9 Å². The van der Waals surface area contributed by atoms with Crippen LogP contribution in [0.2, 0.25) is 0 Å². The standard InChI is InChI=1S/C21H30N4O2/c26-20-14-18(15-22-20)21(27)25-8-6-19(7-9-25)24-12-10-23(11-13-24)16-17-4-2-1-3-5-17/h1-5,18-19H,6-16H2,(H,22,26). The van der Waals surface area contributed by atoms with Crippen molar-refractivity contribution in [2.24, 2.45) is 5.92 Å². The fraction of sp³-hybridized carbons (Fsp3) is 0.619. The summed E-state index contributed by atoms with van der Waals surface area (Å²) >= 11 is 0. The van der Waals surface area contributed by atoms with Crippen molar-refractivity contribution in [3.05, 3.63) is 35.9 Å². The second-order valence-electron chi connectivity index (χ2n) is 8.06. The number of carbonyl (C=O) groups excluding carboxylic acids is 2. The van der Waals surface area contributed by atoms with Crippen molar-refractivity contribution in [2.75, 3.05) is 45.8 Å². The molecule has 0 spiro atoms. The van der Waals surface area contributed by atoms with E-state index in [1.165, 1.54) is 5.56 Å². The highest BCUT2D eigenvalue weighted by Crippen LogP contribution is 2.22. The van der Waals surface area contributed by atoms with Crippen molar-refractivity contribution < 1.29 is 9.59 Å². The average molecular weight is 370 g/mol. The van der Waals surface area contributed by atoms with Gasteiger partial charge in [-0.05, 0) is 18.4 Å². The van der Waals surface area contributed by atoms with E-state index >= 15 is 0 Å². The zero-order chi connectivity index (χ0) is 18.6. The largest absolute Gasteiger partial charge is 0.355 e. The van der Waals surface area contributed by atoms with Gasteiger partial charge < -0.3 is 10.2 Å². The molecule has 3 heterocycles. The van der Waals surface area contributed by atoms with E-state index in [4.69, 9.17) is 0 Å². The van der Waals surface area contributed by atoms with Crippen LogP contribution in [0.1, 0.15) is 24.8 Å². The van der Waals surface area contributed by atoms with E-state index in [0.29, 0.717) is 19.0 Å². The Labute approximate surface area is 161 Å². The maximum Gasteiger partial charge on any atom is 0.227 e. The molecule has 0 aromatic heterocycles. The Morgan fingerprint density at radius 3 is 2.33 bits per heavy atom. The fourth-order valence-electron chi connectivity index (χ4n) is 4.62. The molecule has 3 fully saturated rings. The van der Waals surface area contributed by atoms with Crippen molar-refractivity contribution in [1.29, 1.82) is 0 Å². The van der Waals surface area contributed by atoms with Gasteiger partial charge in [0.1, 0.15) is 0 Å². The molecule has 3 aliphatic heterocycles. The predicted molar refractivity (Wildman–Crippen MR) is 104 cm³/mol. The van der Waals surface area contributed by atoms with Crippen LogP contribution in [0.5, 0.6) is 0 Å². The van der Waals surface area contributed by atoms with Gasteiger partial charge in [-0.3, -0.25) is 19.4 Å². The van der Waals surface area contributed by atoms with Crippen LogP contribution < -0.4 is 5.32 Å². The number of piperidine rings is 1. The summed E-state index contributed by atoms with van der Waals surface area (Å²) in [5, 5.41) is 2.77. The second kappa shape index (κ2) is 8.40. The smallest absolute Gasteiger partial charge is 0.227 e. The summed E-state index contributed by atoms with van der Waals surface area (Å²) in [4.78, 5) is 31.0. The Balaban J connectivity index is 1.20. The average Bonchev–Trinajstić information content (AvgIpc) is 3.15. The molecule has 1 atom stereocenters. The van der Waals surface area contributed by atoms with Crippen LogP contribution in [0.4, 0.5) is 0 Å². The van der Waals surface area contributed by atoms with Crippen molar-refractivity contribution in [1.82, 2.24) is 20.0 Å². The summed E-state index contributed by atoms with van der Waals surface area (Å²) in [7, 11) is 0. The van der Waals surface area contributed by atoms with Gasteiger partial charge in [-0.2, -0.15) is 0 Å². The van der Waals surface area contributed by atoms with E-state index < -0.39 is 0 Å². The highest BCUT2D eigenvalue weighted by atomic mass is 16.2. The lowest BCUT2D eigenvalue weighted by atomic mass is 9.99. The number of piperazine rings is 1. The normalized spacial score (nSPS) is 25.6. The number of nitrogens with zero attached hydrogens (tertiary/aromatic N) is 3. The van der Waals surface area contributed by atoms with Gasteiger partial charge in [0, 0.05) is 64.8 Å². The van der Waals surface area contributed by atoms with Gasteiger partial charge in [-0.25, -0.2) is 0 Å². The Kier molecular flexibility index (Phi) is 5.74. The summed E-state index contributed by atoms with van der Waals surface area (Å²) in [6.45, 7) is 7.68. The first-order valence-corrected chi connectivity index (χ1v) is 10.2. The number of amides is 2. The van der Waals surface area contributed by atoms with E-state index in [2.05, 4.69) is 45.4 Å². The quantitative estimate of drug-likeness (QED) is 0.857. The van der Waals surface area contributed by atoms with Crippen molar-refractivity contribution in [3.63, 3.8) is 0 Å². The van der Waals surface area contributed by atoms with Crippen LogP contribution >= 0.6 is 0 Å². The molecule has 27 heavy (non-hydrogen) atoms. The number of benzene rings is 1. The summed E-state index contributed by atoms with van der Waals surface area (Å²) in [6, 6.07) is 11.3. The molecule has 3 aliphatic rings. The van der Waals surface area contributed by atoms with E-state index in [9.17, 15) is 9.59 Å². The molecule has 1 aromatic rings. The van der Waals surface area contributed by atoms with Crippen LogP contribution in [0.15, 0.2) is 30.3 Å². The molecule has 4 rings (SSSR count). The maximum atomic E-state index is 12.6. The molecule has 0 aliphatic carbocycles. The van der Waals surface area contributed by atoms with Gasteiger partial charge in [0.05, 0.1) is 5.92 Å². The van der Waals surface area contributed by atoms with Gasteiger partial charge in [0.25, 0.3) is 0 Å². The Morgan fingerprint density at radius 1 is 1.00 bits per heavy atom. The first kappa shape index (κ1) is 18.4. The Hall–Kier alpha value is -1.92. The second-order valence-corrected chi connectivity index (χ2v) is 8.06. The zero-order valence-electron chi connectivity index (χ0n) is 16.0. The van der Waals surface area contributed by atoms with Crippen molar-refractivity contribution in [2.45, 2.75) is 31.8 Å². The van der Waals surface area contributed by atoms with Gasteiger partial charge in [-0.1, -0.05) is 30.3 Å². The molecule has 1 N–H and O–H groups in total. The van der Waals surface area contributed by atoms with E-state index in [-0.39, 0.29) is 17.7 Å². The highest BCUT2D eigenvalue weighted by Gasteiger charge is 2.34. The van der Waals surface area contributed by atoms with Gasteiger partial charge >= 0.3 is 0 Å². The van der Waals surface area contributed by atoms with Gasteiger partial charge in [-0.15, -0.1) is 0 Å². The molecular weight excluding hydrogens is 340 g/mol. The number of nitrogens with one attached hydrogen (secondary N) is 1. The molecule has 1 aromatic carbocycles. The third-order valence-corrected chi connectivity index (χ3v) is 6.28. The minimum atomic E-state index is -0.143. The van der Waals surface area contributed by atoms with Gasteiger partial charge in [0.15, 0.2) is 0 Å². The summed E-state index contributed by atoms with van der Waals surface area (Å²) in [5.41, 5.74) is 1.39. The maximum absolute atomic E-state index is 12.6. The molecule has 1 unspecified atom stereocenters. The summed E-state index contributed by atoms with van der Waals surface area (Å²) < 4.78 is 0. The van der Waals surface area contributed by atoms with Crippen LogP contribution in [0, 0.1) is 5.92 Å². The first-order valence-electron chi connectivity index (χ1n) is 10.2. The predicted octanol–water partition coefficient (Wildman–Crippen LogP) is 0.931. The molecule has 0 bridgehead atoms. The van der Waals surface area contributed by atoms with E-state index in [1.54, 1.807) is 0 Å². The number of carbonyl (C=O) groups is 2. The zero-order valence-corrected chi connectivity index (χ0v) is 16.0. The van der Waals surface area contributed by atoms with Crippen LogP contribution in [-0.4, -0.2) is 78.4 Å². The number of likely N-dealkylation sites (tertiary alicyclic amines) is 1. The van der Waals surface area contributed by atoms with E-state index in [1.807, 2.05) is 4.90 Å². The monoisotopic (exact) mass is 370 g/mol. The molecular formula is C21H30N4O2. The van der Waals surface area contributed by atoms with Gasteiger partial charge in [0.2, 0.25) is 11.8 Å². The summed E-state index contributed by atoms with van der Waals surface area (Å²) in [5.74, 6) is 0.0340. The lowest BCUT2D eigenvalue weighted by Crippen LogP contribution is -2.54. The lowest BCUT2D eigenvalue weighted by Gasteiger charge is -2.43. The van der Waals surface area contributed by atoms with Crippen LogP contribution in [-0.2, 0) is 16.1 Å². The Morgan fingerprint density at radius 2 is 1.70 bits per heavy atom. The Bertz CT molecular complexity index is 649. The third kappa shape index (κ3) is 4.50. The molecule has 0 radical (unpaired) electrons. The van der Waals surface area contributed by atoms with Crippen LogP contribution in [0.25, 0.3) is 0 Å². The summed E-state index contributed by atoms with van der Waals surface area (Å²) in [6.07, 6.45) is 2.47. The van der Waals surface area contributed by atoms with Crippen LogP contribution in [0.3, 0.4) is 0 Å². The third-order valence-electron chi connectivity index (χ3n) is 6.28. The first-order chi connectivity index (χ1) is 13.2. The minimum Gasteiger partial charge on any atom is -0.355 e. The fourth-order valence-corrected chi connectivity index (χ4v) is 4.62. The number of rotatable bonds is 4. The van der Waals surface area contributed by atoms with Crippen molar-refractivity contribution in [3.8, 4) is 0 Å². The molecule has 0 saturated carbocycles. The lowest BCUT2D eigenvalue weighted by molar-refractivity contribution is -0.137. The molecule has 6 nitrogen and oxygen atoms in total. The molecule has 2 amide bonds.